The lowest BCUT2D eigenvalue weighted by Crippen LogP contribution is -1.80. The Morgan fingerprint density at radius 3 is 2.60 bits per heavy atom. The molecule has 1 aromatic carbocycles. The van der Waals surface area contributed by atoms with Crippen LogP contribution in [-0.2, 0) is 0 Å². The van der Waals surface area contributed by atoms with Crippen LogP contribution >= 0.6 is 27.5 Å². The molecule has 0 radical (unpaired) electrons. The fraction of sp³-hybridized carbons (Fsp3) is 0.143. The maximum absolute atomic E-state index is 12.6. The molecule has 0 unspecified atom stereocenters. The third-order valence-corrected chi connectivity index (χ3v) is 2.35. The van der Waals surface area contributed by atoms with Crippen molar-refractivity contribution in [1.82, 2.24) is 0 Å². The molecule has 0 saturated carbocycles. The summed E-state index contributed by atoms with van der Waals surface area (Å²) in [5.41, 5.74) is 0.936. The number of rotatable bonds is 0. The minimum Gasteiger partial charge on any atom is -0.205 e. The average Bonchev–Trinajstić information content (AvgIpc) is 1.84. The minimum atomic E-state index is -0.390. The summed E-state index contributed by atoms with van der Waals surface area (Å²) in [6.45, 7) is 1.86. The molecule has 0 aliphatic rings. The molecule has 0 bridgehead atoms. The molecule has 0 nitrogen and oxygen atoms in total. The molecule has 0 aliphatic heterocycles. The van der Waals surface area contributed by atoms with Crippen LogP contribution in [0.15, 0.2) is 16.6 Å². The summed E-state index contributed by atoms with van der Waals surface area (Å²) in [6, 6.07) is 2.94. The van der Waals surface area contributed by atoms with Crippen LogP contribution in [-0.4, -0.2) is 0 Å². The summed E-state index contributed by atoms with van der Waals surface area (Å²) in [5, 5.41) is 0.167. The van der Waals surface area contributed by atoms with Gasteiger partial charge in [-0.25, -0.2) is 4.39 Å². The predicted octanol–water partition coefficient (Wildman–Crippen LogP) is 3.55. The molecule has 0 aromatic heterocycles. The lowest BCUT2D eigenvalue weighted by molar-refractivity contribution is 0.627. The van der Waals surface area contributed by atoms with E-state index < -0.39 is 0 Å². The van der Waals surface area contributed by atoms with Crippen LogP contribution in [0.3, 0.4) is 0 Å². The van der Waals surface area contributed by atoms with Crippen LogP contribution in [0.4, 0.5) is 4.39 Å². The zero-order valence-electron chi connectivity index (χ0n) is 5.29. The molecule has 0 fully saturated rings. The van der Waals surface area contributed by atoms with Gasteiger partial charge in [-0.2, -0.15) is 0 Å². The van der Waals surface area contributed by atoms with E-state index in [9.17, 15) is 4.39 Å². The Labute approximate surface area is 72.1 Å². The smallest absolute Gasteiger partial charge is 0.142 e. The second kappa shape index (κ2) is 2.89. The van der Waals surface area contributed by atoms with E-state index in [4.69, 9.17) is 11.6 Å². The molecule has 0 amide bonds. The first-order valence-electron chi connectivity index (χ1n) is 2.72. The van der Waals surface area contributed by atoms with Gasteiger partial charge in [-0.15, -0.1) is 0 Å². The first kappa shape index (κ1) is 8.02. The molecule has 1 aromatic rings. The van der Waals surface area contributed by atoms with E-state index in [0.717, 1.165) is 10.0 Å². The maximum atomic E-state index is 12.6. The quantitative estimate of drug-likeness (QED) is 0.590. The van der Waals surface area contributed by atoms with Crippen molar-refractivity contribution >= 4 is 27.5 Å². The fourth-order valence-corrected chi connectivity index (χ4v) is 1.16. The molecular weight excluding hydrogens is 218 g/mol. The van der Waals surface area contributed by atoms with E-state index in [1.54, 1.807) is 6.07 Å². The molecule has 0 heterocycles. The average molecular weight is 223 g/mol. The summed E-state index contributed by atoms with van der Waals surface area (Å²) >= 11 is 8.67. The van der Waals surface area contributed by atoms with E-state index in [1.807, 2.05) is 6.92 Å². The number of halogens is 3. The topological polar surface area (TPSA) is 0 Å². The maximum Gasteiger partial charge on any atom is 0.142 e. The summed E-state index contributed by atoms with van der Waals surface area (Å²) < 4.78 is 13.3. The van der Waals surface area contributed by atoms with Gasteiger partial charge in [-0.1, -0.05) is 27.5 Å². The molecule has 10 heavy (non-hydrogen) atoms. The Hall–Kier alpha value is -0.0800. The van der Waals surface area contributed by atoms with Gasteiger partial charge in [0.15, 0.2) is 0 Å². The molecule has 0 N–H and O–H groups in total. The monoisotopic (exact) mass is 222 g/mol. The number of hydrogen-bond acceptors (Lipinski definition) is 0. The number of hydrogen-bond donors (Lipinski definition) is 0. The Kier molecular flexibility index (Phi) is 2.32. The van der Waals surface area contributed by atoms with Crippen molar-refractivity contribution in [3.63, 3.8) is 0 Å². The van der Waals surface area contributed by atoms with Gasteiger partial charge in [-0.05, 0) is 24.6 Å². The largest absolute Gasteiger partial charge is 0.205 e. The summed E-state index contributed by atoms with van der Waals surface area (Å²) in [6.07, 6.45) is 0. The highest BCUT2D eigenvalue weighted by Crippen LogP contribution is 2.23. The molecule has 1 rings (SSSR count). The normalized spacial score (nSPS) is 10.0. The summed E-state index contributed by atoms with van der Waals surface area (Å²) in [7, 11) is 0. The van der Waals surface area contributed by atoms with Gasteiger partial charge in [0.1, 0.15) is 5.82 Å². The van der Waals surface area contributed by atoms with Gasteiger partial charge in [0, 0.05) is 4.47 Å². The van der Waals surface area contributed by atoms with Crippen molar-refractivity contribution in [3.8, 4) is 0 Å². The molecule has 0 atom stereocenters. The van der Waals surface area contributed by atoms with Crippen molar-refractivity contribution in [1.29, 1.82) is 0 Å². The predicted molar refractivity (Wildman–Crippen MR) is 43.8 cm³/mol. The van der Waals surface area contributed by atoms with E-state index in [-0.39, 0.29) is 10.8 Å². The zero-order chi connectivity index (χ0) is 7.72. The van der Waals surface area contributed by atoms with Crippen LogP contribution in [0.2, 0.25) is 5.02 Å². The molecule has 0 saturated heterocycles. The molecule has 54 valence electrons. The van der Waals surface area contributed by atoms with Gasteiger partial charge in [0.05, 0.1) is 5.02 Å². The van der Waals surface area contributed by atoms with Crippen LogP contribution in [0.25, 0.3) is 0 Å². The Balaban J connectivity index is 3.28. The fourth-order valence-electron chi connectivity index (χ4n) is 0.622. The van der Waals surface area contributed by atoms with Gasteiger partial charge >= 0.3 is 0 Å². The van der Waals surface area contributed by atoms with Crippen LogP contribution in [0, 0.1) is 12.7 Å². The highest BCUT2D eigenvalue weighted by atomic mass is 79.9. The van der Waals surface area contributed by atoms with Crippen molar-refractivity contribution in [3.05, 3.63) is 33.0 Å². The van der Waals surface area contributed by atoms with Gasteiger partial charge in [0.2, 0.25) is 0 Å². The third kappa shape index (κ3) is 1.50. The second-order valence-corrected chi connectivity index (χ2v) is 3.28. The number of aryl methyl sites for hydroxylation is 1. The number of benzene rings is 1. The SMILES string of the molecule is Cc1cc(Cl)c(F)cc1Br. The molecule has 3 heteroatoms. The summed E-state index contributed by atoms with van der Waals surface area (Å²) in [5.74, 6) is -0.390. The van der Waals surface area contributed by atoms with Gasteiger partial charge in [0.25, 0.3) is 0 Å². The second-order valence-electron chi connectivity index (χ2n) is 2.02. The van der Waals surface area contributed by atoms with E-state index >= 15 is 0 Å². The van der Waals surface area contributed by atoms with Crippen molar-refractivity contribution < 1.29 is 4.39 Å². The molecular formula is C7H5BrClF. The Morgan fingerprint density at radius 2 is 2.10 bits per heavy atom. The van der Waals surface area contributed by atoms with E-state index in [0.29, 0.717) is 0 Å². The van der Waals surface area contributed by atoms with Crippen LogP contribution < -0.4 is 0 Å². The lowest BCUT2D eigenvalue weighted by Gasteiger charge is -1.98. The zero-order valence-corrected chi connectivity index (χ0v) is 7.63. The molecule has 0 spiro atoms. The van der Waals surface area contributed by atoms with Gasteiger partial charge < -0.3 is 0 Å². The molecule has 0 aliphatic carbocycles. The minimum absolute atomic E-state index is 0.167. The lowest BCUT2D eigenvalue weighted by atomic mass is 10.2. The van der Waals surface area contributed by atoms with Crippen molar-refractivity contribution in [2.45, 2.75) is 6.92 Å². The third-order valence-electron chi connectivity index (χ3n) is 1.20. The van der Waals surface area contributed by atoms with Crippen LogP contribution in [0.1, 0.15) is 5.56 Å². The standard InChI is InChI=1S/C7H5BrClF/c1-4-2-6(9)7(10)3-5(4)8/h2-3H,1H3. The van der Waals surface area contributed by atoms with E-state index in [2.05, 4.69) is 15.9 Å². The Bertz CT molecular complexity index is 210. The highest BCUT2D eigenvalue weighted by Gasteiger charge is 2.01. The van der Waals surface area contributed by atoms with Crippen LogP contribution in [0.5, 0.6) is 0 Å². The van der Waals surface area contributed by atoms with E-state index in [1.165, 1.54) is 6.07 Å². The van der Waals surface area contributed by atoms with Gasteiger partial charge in [-0.3, -0.25) is 0 Å². The first-order chi connectivity index (χ1) is 4.61. The van der Waals surface area contributed by atoms with Crippen molar-refractivity contribution in [2.24, 2.45) is 0 Å². The first-order valence-corrected chi connectivity index (χ1v) is 3.89. The Morgan fingerprint density at radius 1 is 1.50 bits per heavy atom. The highest BCUT2D eigenvalue weighted by molar-refractivity contribution is 9.10. The van der Waals surface area contributed by atoms with Crippen molar-refractivity contribution in [2.75, 3.05) is 0 Å². The summed E-state index contributed by atoms with van der Waals surface area (Å²) in [4.78, 5) is 0.